The fourth-order valence-electron chi connectivity index (χ4n) is 2.25. The summed E-state index contributed by atoms with van der Waals surface area (Å²) in [5.74, 6) is -1.91. The SMILES string of the molecule is Cc1ccc(C)c(NC(=O)COC(=O)CCC(=O)Nc2ccc(F)cc2)c1. The Balaban J connectivity index is 1.70. The number of aryl methyl sites for hydroxylation is 2. The van der Waals surface area contributed by atoms with Crippen molar-refractivity contribution in [3.8, 4) is 0 Å². The fraction of sp³-hybridized carbons (Fsp3) is 0.250. The summed E-state index contributed by atoms with van der Waals surface area (Å²) in [5.41, 5.74) is 3.00. The second-order valence-corrected chi connectivity index (χ2v) is 6.08. The minimum Gasteiger partial charge on any atom is -0.456 e. The van der Waals surface area contributed by atoms with Crippen molar-refractivity contribution in [2.75, 3.05) is 17.2 Å². The van der Waals surface area contributed by atoms with Crippen LogP contribution in [-0.2, 0) is 19.1 Å². The van der Waals surface area contributed by atoms with Gasteiger partial charge in [-0.3, -0.25) is 14.4 Å². The average molecular weight is 372 g/mol. The molecule has 2 aromatic rings. The van der Waals surface area contributed by atoms with Gasteiger partial charge in [0.15, 0.2) is 6.61 Å². The molecule has 0 aliphatic carbocycles. The van der Waals surface area contributed by atoms with Crippen LogP contribution < -0.4 is 10.6 Å². The lowest BCUT2D eigenvalue weighted by atomic mass is 10.1. The summed E-state index contributed by atoms with van der Waals surface area (Å²) in [6, 6.07) is 10.9. The van der Waals surface area contributed by atoms with E-state index in [1.54, 1.807) is 0 Å². The van der Waals surface area contributed by atoms with Crippen LogP contribution in [0.1, 0.15) is 24.0 Å². The zero-order valence-electron chi connectivity index (χ0n) is 15.2. The van der Waals surface area contributed by atoms with E-state index in [4.69, 9.17) is 4.74 Å². The van der Waals surface area contributed by atoms with E-state index >= 15 is 0 Å². The Kier molecular flexibility index (Phi) is 7.05. The monoisotopic (exact) mass is 372 g/mol. The summed E-state index contributed by atoms with van der Waals surface area (Å²) in [6.07, 6.45) is -0.265. The molecule has 2 aromatic carbocycles. The molecule has 0 saturated carbocycles. The number of esters is 1. The molecule has 0 heterocycles. The van der Waals surface area contributed by atoms with Crippen molar-refractivity contribution in [2.24, 2.45) is 0 Å². The Morgan fingerprint density at radius 1 is 0.926 bits per heavy atom. The first-order valence-electron chi connectivity index (χ1n) is 8.41. The molecule has 2 N–H and O–H groups in total. The van der Waals surface area contributed by atoms with Crippen molar-refractivity contribution < 1.29 is 23.5 Å². The standard InChI is InChI=1S/C20H21FN2O4/c1-13-3-4-14(2)17(11-13)23-19(25)12-27-20(26)10-9-18(24)22-16-7-5-15(21)6-8-16/h3-8,11H,9-10,12H2,1-2H3,(H,22,24)(H,23,25). The lowest BCUT2D eigenvalue weighted by Crippen LogP contribution is -2.22. The van der Waals surface area contributed by atoms with Crippen molar-refractivity contribution in [2.45, 2.75) is 26.7 Å². The molecule has 27 heavy (non-hydrogen) atoms. The molecule has 7 heteroatoms. The van der Waals surface area contributed by atoms with Crippen LogP contribution in [0.25, 0.3) is 0 Å². The molecule has 0 atom stereocenters. The van der Waals surface area contributed by atoms with Crippen LogP contribution in [0.4, 0.5) is 15.8 Å². The highest BCUT2D eigenvalue weighted by atomic mass is 19.1. The smallest absolute Gasteiger partial charge is 0.306 e. The first-order chi connectivity index (χ1) is 12.8. The summed E-state index contributed by atoms with van der Waals surface area (Å²) in [5, 5.41) is 5.22. The number of carbonyl (C=O) groups excluding carboxylic acids is 3. The van der Waals surface area contributed by atoms with Gasteiger partial charge in [-0.1, -0.05) is 12.1 Å². The van der Waals surface area contributed by atoms with Gasteiger partial charge < -0.3 is 15.4 Å². The molecule has 0 aliphatic rings. The van der Waals surface area contributed by atoms with E-state index < -0.39 is 30.2 Å². The van der Waals surface area contributed by atoms with Crippen molar-refractivity contribution >= 4 is 29.2 Å². The number of rotatable bonds is 7. The zero-order chi connectivity index (χ0) is 19.8. The van der Waals surface area contributed by atoms with Crippen molar-refractivity contribution in [1.82, 2.24) is 0 Å². The van der Waals surface area contributed by atoms with E-state index in [9.17, 15) is 18.8 Å². The molecular weight excluding hydrogens is 351 g/mol. The Hall–Kier alpha value is -3.22. The number of hydrogen-bond acceptors (Lipinski definition) is 4. The highest BCUT2D eigenvalue weighted by Crippen LogP contribution is 2.16. The van der Waals surface area contributed by atoms with Gasteiger partial charge >= 0.3 is 5.97 Å². The third-order valence-corrected chi connectivity index (χ3v) is 3.72. The van der Waals surface area contributed by atoms with Gasteiger partial charge in [-0.05, 0) is 55.3 Å². The highest BCUT2D eigenvalue weighted by molar-refractivity contribution is 5.94. The van der Waals surface area contributed by atoms with E-state index in [0.717, 1.165) is 11.1 Å². The summed E-state index contributed by atoms with van der Waals surface area (Å²) in [6.45, 7) is 3.35. The molecule has 0 spiro atoms. The molecule has 2 amide bonds. The normalized spacial score (nSPS) is 10.2. The van der Waals surface area contributed by atoms with Crippen molar-refractivity contribution in [3.63, 3.8) is 0 Å². The summed E-state index contributed by atoms with van der Waals surface area (Å²) in [7, 11) is 0. The maximum absolute atomic E-state index is 12.8. The van der Waals surface area contributed by atoms with Gasteiger partial charge in [0.2, 0.25) is 5.91 Å². The molecule has 2 rings (SSSR count). The average Bonchev–Trinajstić information content (AvgIpc) is 2.63. The topological polar surface area (TPSA) is 84.5 Å². The molecule has 142 valence electrons. The predicted molar refractivity (Wildman–Crippen MR) is 99.8 cm³/mol. The first kappa shape index (κ1) is 20.1. The number of anilines is 2. The van der Waals surface area contributed by atoms with Crippen LogP contribution >= 0.6 is 0 Å². The van der Waals surface area contributed by atoms with E-state index in [-0.39, 0.29) is 12.8 Å². The molecule has 0 unspecified atom stereocenters. The summed E-state index contributed by atoms with van der Waals surface area (Å²) < 4.78 is 17.7. The number of halogens is 1. The molecule has 0 saturated heterocycles. The number of hydrogen-bond donors (Lipinski definition) is 2. The van der Waals surface area contributed by atoms with E-state index in [1.165, 1.54) is 24.3 Å². The first-order valence-corrected chi connectivity index (χ1v) is 8.41. The number of benzene rings is 2. The van der Waals surface area contributed by atoms with Crippen molar-refractivity contribution in [1.29, 1.82) is 0 Å². The van der Waals surface area contributed by atoms with Crippen LogP contribution in [0.2, 0.25) is 0 Å². The Bertz CT molecular complexity index is 834. The highest BCUT2D eigenvalue weighted by Gasteiger charge is 2.11. The predicted octanol–water partition coefficient (Wildman–Crippen LogP) is 3.34. The molecular formula is C20H21FN2O4. The van der Waals surface area contributed by atoms with Gasteiger partial charge in [0.1, 0.15) is 5.82 Å². The lowest BCUT2D eigenvalue weighted by molar-refractivity contribution is -0.147. The fourth-order valence-corrected chi connectivity index (χ4v) is 2.25. The maximum Gasteiger partial charge on any atom is 0.306 e. The van der Waals surface area contributed by atoms with Gasteiger partial charge in [0, 0.05) is 17.8 Å². The number of ether oxygens (including phenoxy) is 1. The van der Waals surface area contributed by atoms with Crippen LogP contribution in [0.5, 0.6) is 0 Å². The van der Waals surface area contributed by atoms with Gasteiger partial charge in [0.05, 0.1) is 6.42 Å². The number of amides is 2. The van der Waals surface area contributed by atoms with E-state index in [0.29, 0.717) is 11.4 Å². The zero-order valence-corrected chi connectivity index (χ0v) is 15.2. The lowest BCUT2D eigenvalue weighted by Gasteiger charge is -2.10. The van der Waals surface area contributed by atoms with Crippen LogP contribution in [0.15, 0.2) is 42.5 Å². The van der Waals surface area contributed by atoms with Gasteiger partial charge in [-0.2, -0.15) is 0 Å². The molecule has 0 radical (unpaired) electrons. The Morgan fingerprint density at radius 3 is 2.33 bits per heavy atom. The van der Waals surface area contributed by atoms with Crippen LogP contribution in [0, 0.1) is 19.7 Å². The third kappa shape index (κ3) is 6.89. The number of nitrogens with one attached hydrogen (secondary N) is 2. The van der Waals surface area contributed by atoms with E-state index in [1.807, 2.05) is 32.0 Å². The second kappa shape index (κ2) is 9.47. The molecule has 0 bridgehead atoms. The largest absolute Gasteiger partial charge is 0.456 e. The van der Waals surface area contributed by atoms with Crippen LogP contribution in [0.3, 0.4) is 0 Å². The van der Waals surface area contributed by atoms with Crippen molar-refractivity contribution in [3.05, 3.63) is 59.4 Å². The number of carbonyl (C=O) groups is 3. The van der Waals surface area contributed by atoms with Gasteiger partial charge in [-0.15, -0.1) is 0 Å². The minimum absolute atomic E-state index is 0.102. The Morgan fingerprint density at radius 2 is 1.63 bits per heavy atom. The molecule has 0 aliphatic heterocycles. The van der Waals surface area contributed by atoms with Gasteiger partial charge in [-0.25, -0.2) is 4.39 Å². The minimum atomic E-state index is -0.652. The molecule has 0 aromatic heterocycles. The van der Waals surface area contributed by atoms with Gasteiger partial charge in [0.25, 0.3) is 5.91 Å². The third-order valence-electron chi connectivity index (χ3n) is 3.72. The molecule has 0 fully saturated rings. The maximum atomic E-state index is 12.8. The van der Waals surface area contributed by atoms with E-state index in [2.05, 4.69) is 10.6 Å². The Labute approximate surface area is 156 Å². The quantitative estimate of drug-likeness (QED) is 0.730. The second-order valence-electron chi connectivity index (χ2n) is 6.08. The molecule has 6 nitrogen and oxygen atoms in total. The van der Waals surface area contributed by atoms with Crippen LogP contribution in [-0.4, -0.2) is 24.4 Å². The summed E-state index contributed by atoms with van der Waals surface area (Å²) >= 11 is 0. The summed E-state index contributed by atoms with van der Waals surface area (Å²) in [4.78, 5) is 35.3.